The summed E-state index contributed by atoms with van der Waals surface area (Å²) in [4.78, 5) is 0. The van der Waals surface area contributed by atoms with Gasteiger partial charge in [-0.25, -0.2) is 4.39 Å². The minimum Gasteiger partial charge on any atom is -0.543 e. The third kappa shape index (κ3) is 3.22. The zero-order valence-corrected chi connectivity index (χ0v) is 12.4. The number of methoxy groups -OCH3 is 1. The van der Waals surface area contributed by atoms with Crippen molar-refractivity contribution in [1.29, 1.82) is 0 Å². The van der Waals surface area contributed by atoms with Gasteiger partial charge in [-0.15, -0.1) is 0 Å². The third-order valence-electron chi connectivity index (χ3n) is 3.30. The molecule has 0 N–H and O–H groups in total. The van der Waals surface area contributed by atoms with Crippen LogP contribution in [0.15, 0.2) is 18.2 Å². The lowest BCUT2D eigenvalue weighted by atomic mass is 10.2. The lowest BCUT2D eigenvalue weighted by Gasteiger charge is -2.36. The Morgan fingerprint density at radius 3 is 2.18 bits per heavy atom. The van der Waals surface area contributed by atoms with Gasteiger partial charge in [0.2, 0.25) is 8.32 Å². The van der Waals surface area contributed by atoms with Crippen LogP contribution in [0.5, 0.6) is 11.5 Å². The van der Waals surface area contributed by atoms with Crippen molar-refractivity contribution < 1.29 is 13.6 Å². The molecule has 0 amide bonds. The number of hydrogen-bond donors (Lipinski definition) is 0. The maximum Gasteiger partial charge on any atom is 0.250 e. The fourth-order valence-electron chi connectivity index (χ4n) is 1.16. The van der Waals surface area contributed by atoms with Crippen molar-refractivity contribution >= 4 is 8.32 Å². The molecule has 1 rings (SSSR count). The van der Waals surface area contributed by atoms with Crippen LogP contribution in [0, 0.1) is 5.82 Å². The SMILES string of the molecule is COc1ccc(O[Si](C)(C)C(C)(C)C)cc1F. The fourth-order valence-corrected chi connectivity index (χ4v) is 2.18. The Kier molecular flexibility index (Phi) is 3.87. The third-order valence-corrected chi connectivity index (χ3v) is 7.66. The summed E-state index contributed by atoms with van der Waals surface area (Å²) >= 11 is 0. The van der Waals surface area contributed by atoms with Gasteiger partial charge in [0.05, 0.1) is 7.11 Å². The number of ether oxygens (including phenoxy) is 1. The molecular weight excluding hydrogens is 235 g/mol. The molecule has 0 heterocycles. The van der Waals surface area contributed by atoms with Crippen LogP contribution in [-0.2, 0) is 0 Å². The molecule has 0 atom stereocenters. The highest BCUT2D eigenvalue weighted by Gasteiger charge is 2.39. The van der Waals surface area contributed by atoms with Crippen LogP contribution in [0.2, 0.25) is 18.1 Å². The molecule has 4 heteroatoms. The van der Waals surface area contributed by atoms with E-state index in [9.17, 15) is 4.39 Å². The van der Waals surface area contributed by atoms with Gasteiger partial charge in [0.1, 0.15) is 5.75 Å². The lowest BCUT2D eigenvalue weighted by Crippen LogP contribution is -2.43. The van der Waals surface area contributed by atoms with Crippen LogP contribution < -0.4 is 9.16 Å². The first kappa shape index (κ1) is 14.0. The molecule has 0 spiro atoms. The summed E-state index contributed by atoms with van der Waals surface area (Å²) in [5, 5.41) is 0.101. The van der Waals surface area contributed by atoms with Gasteiger partial charge < -0.3 is 9.16 Å². The van der Waals surface area contributed by atoms with E-state index in [4.69, 9.17) is 9.16 Å². The van der Waals surface area contributed by atoms with Crippen LogP contribution in [0.25, 0.3) is 0 Å². The number of benzene rings is 1. The zero-order valence-electron chi connectivity index (χ0n) is 11.4. The van der Waals surface area contributed by atoms with Crippen molar-refractivity contribution in [1.82, 2.24) is 0 Å². The van der Waals surface area contributed by atoms with Gasteiger partial charge >= 0.3 is 0 Å². The van der Waals surface area contributed by atoms with E-state index in [2.05, 4.69) is 33.9 Å². The van der Waals surface area contributed by atoms with Crippen molar-refractivity contribution in [2.24, 2.45) is 0 Å². The second-order valence-electron chi connectivity index (χ2n) is 5.66. The molecule has 17 heavy (non-hydrogen) atoms. The Labute approximate surface area is 104 Å². The summed E-state index contributed by atoms with van der Waals surface area (Å²) in [6.07, 6.45) is 0. The first-order valence-corrected chi connectivity index (χ1v) is 8.61. The van der Waals surface area contributed by atoms with Crippen LogP contribution >= 0.6 is 0 Å². The number of rotatable bonds is 3. The highest BCUT2D eigenvalue weighted by Crippen LogP contribution is 2.37. The molecule has 0 radical (unpaired) electrons. The Hall–Kier alpha value is -1.03. The first-order chi connectivity index (χ1) is 7.67. The molecule has 0 unspecified atom stereocenters. The van der Waals surface area contributed by atoms with Gasteiger partial charge in [-0.05, 0) is 30.3 Å². The zero-order chi connectivity index (χ0) is 13.3. The van der Waals surface area contributed by atoms with Crippen LogP contribution in [-0.4, -0.2) is 15.4 Å². The molecule has 0 aliphatic rings. The summed E-state index contributed by atoms with van der Waals surface area (Å²) in [5.74, 6) is 0.436. The molecule has 1 aromatic carbocycles. The highest BCUT2D eigenvalue weighted by molar-refractivity contribution is 6.74. The predicted octanol–water partition coefficient (Wildman–Crippen LogP) is 4.22. The highest BCUT2D eigenvalue weighted by atomic mass is 28.4. The Morgan fingerprint density at radius 1 is 1.18 bits per heavy atom. The molecule has 0 bridgehead atoms. The summed E-state index contributed by atoms with van der Waals surface area (Å²) in [5.41, 5.74) is 0. The van der Waals surface area contributed by atoms with Gasteiger partial charge in [0, 0.05) is 6.07 Å². The molecule has 2 nitrogen and oxygen atoms in total. The maximum atomic E-state index is 13.5. The van der Waals surface area contributed by atoms with E-state index in [1.54, 1.807) is 12.1 Å². The molecular formula is C13H21FO2Si. The monoisotopic (exact) mass is 256 g/mol. The van der Waals surface area contributed by atoms with Crippen LogP contribution in [0.4, 0.5) is 4.39 Å². The molecule has 1 aromatic rings. The molecule has 0 saturated carbocycles. The predicted molar refractivity (Wildman–Crippen MR) is 70.8 cm³/mol. The van der Waals surface area contributed by atoms with E-state index in [0.717, 1.165) is 0 Å². The molecule has 0 fully saturated rings. The summed E-state index contributed by atoms with van der Waals surface area (Å²) in [6.45, 7) is 10.7. The van der Waals surface area contributed by atoms with Gasteiger partial charge in [0.15, 0.2) is 11.6 Å². The first-order valence-electron chi connectivity index (χ1n) is 5.70. The van der Waals surface area contributed by atoms with Crippen molar-refractivity contribution in [3.63, 3.8) is 0 Å². The molecule has 0 aliphatic heterocycles. The van der Waals surface area contributed by atoms with Crippen LogP contribution in [0.1, 0.15) is 20.8 Å². The summed E-state index contributed by atoms with van der Waals surface area (Å²) < 4.78 is 24.4. The normalized spacial score (nSPS) is 12.4. The van der Waals surface area contributed by atoms with E-state index >= 15 is 0 Å². The van der Waals surface area contributed by atoms with E-state index in [-0.39, 0.29) is 16.6 Å². The van der Waals surface area contributed by atoms with E-state index in [1.165, 1.54) is 13.2 Å². The van der Waals surface area contributed by atoms with Gasteiger partial charge in [0.25, 0.3) is 0 Å². The molecule has 0 aromatic heterocycles. The van der Waals surface area contributed by atoms with E-state index < -0.39 is 8.32 Å². The molecule has 0 aliphatic carbocycles. The molecule has 0 saturated heterocycles. The number of halogens is 1. The van der Waals surface area contributed by atoms with Crippen molar-refractivity contribution in [3.8, 4) is 11.5 Å². The summed E-state index contributed by atoms with van der Waals surface area (Å²) in [7, 11) is -0.453. The largest absolute Gasteiger partial charge is 0.543 e. The topological polar surface area (TPSA) is 18.5 Å². The van der Waals surface area contributed by atoms with Gasteiger partial charge in [-0.3, -0.25) is 0 Å². The minimum atomic E-state index is -1.90. The maximum absolute atomic E-state index is 13.5. The van der Waals surface area contributed by atoms with Crippen molar-refractivity contribution in [2.75, 3.05) is 7.11 Å². The number of hydrogen-bond acceptors (Lipinski definition) is 2. The average molecular weight is 256 g/mol. The van der Waals surface area contributed by atoms with Gasteiger partial charge in [-0.2, -0.15) is 0 Å². The van der Waals surface area contributed by atoms with Crippen LogP contribution in [0.3, 0.4) is 0 Å². The summed E-state index contributed by atoms with van der Waals surface area (Å²) in [6, 6.07) is 4.74. The standard InChI is InChI=1S/C13H21FO2Si/c1-13(2,3)17(5,6)16-10-7-8-12(15-4)11(14)9-10/h7-9H,1-6H3. The van der Waals surface area contributed by atoms with Crippen molar-refractivity contribution in [3.05, 3.63) is 24.0 Å². The second kappa shape index (κ2) is 4.68. The van der Waals surface area contributed by atoms with E-state index in [0.29, 0.717) is 5.75 Å². The quantitative estimate of drug-likeness (QED) is 0.754. The smallest absolute Gasteiger partial charge is 0.250 e. The average Bonchev–Trinajstić information content (AvgIpc) is 2.15. The minimum absolute atomic E-state index is 0.101. The molecule has 96 valence electrons. The van der Waals surface area contributed by atoms with Gasteiger partial charge in [-0.1, -0.05) is 20.8 Å². The second-order valence-corrected chi connectivity index (χ2v) is 10.4. The van der Waals surface area contributed by atoms with E-state index in [1.807, 2.05) is 0 Å². The van der Waals surface area contributed by atoms with Crippen molar-refractivity contribution in [2.45, 2.75) is 38.9 Å². The Bertz CT molecular complexity index is 397. The Morgan fingerprint density at radius 2 is 1.76 bits per heavy atom. The lowest BCUT2D eigenvalue weighted by molar-refractivity contribution is 0.384. The Balaban J connectivity index is 2.93. The fraction of sp³-hybridized carbons (Fsp3) is 0.538.